The lowest BCUT2D eigenvalue weighted by molar-refractivity contribution is 0.00140. The number of hydrogen-bond acceptors (Lipinski definition) is 3. The highest BCUT2D eigenvalue weighted by molar-refractivity contribution is 5.27. The first kappa shape index (κ1) is 13.4. The summed E-state index contributed by atoms with van der Waals surface area (Å²) in [6.07, 6.45) is 4.85. The van der Waals surface area contributed by atoms with Gasteiger partial charge in [0.15, 0.2) is 0 Å². The van der Waals surface area contributed by atoms with Crippen LogP contribution in [0, 0.1) is 0 Å². The fourth-order valence-corrected chi connectivity index (χ4v) is 2.37. The van der Waals surface area contributed by atoms with Gasteiger partial charge in [-0.05, 0) is 37.0 Å². The van der Waals surface area contributed by atoms with E-state index in [1.54, 1.807) is 7.11 Å². The molecule has 1 aliphatic carbocycles. The van der Waals surface area contributed by atoms with E-state index in [1.807, 2.05) is 24.3 Å². The van der Waals surface area contributed by atoms with Crippen LogP contribution in [0.1, 0.15) is 31.2 Å². The van der Waals surface area contributed by atoms with Crippen LogP contribution in [0.15, 0.2) is 24.3 Å². The molecule has 1 aromatic rings. The quantitative estimate of drug-likeness (QED) is 0.843. The topological polar surface area (TPSA) is 38.7 Å². The second-order valence-electron chi connectivity index (χ2n) is 5.11. The third-order valence-electron chi connectivity index (χ3n) is 3.56. The van der Waals surface area contributed by atoms with Crippen molar-refractivity contribution < 1.29 is 14.6 Å². The predicted octanol–water partition coefficient (Wildman–Crippen LogP) is 2.56. The Morgan fingerprint density at radius 2 is 1.83 bits per heavy atom. The molecule has 0 saturated heterocycles. The van der Waals surface area contributed by atoms with Crippen molar-refractivity contribution in [3.63, 3.8) is 0 Å². The van der Waals surface area contributed by atoms with Crippen LogP contribution in [0.3, 0.4) is 0 Å². The van der Waals surface area contributed by atoms with E-state index in [0.29, 0.717) is 6.61 Å². The Labute approximate surface area is 109 Å². The zero-order valence-electron chi connectivity index (χ0n) is 11.0. The highest BCUT2D eigenvalue weighted by Gasteiger charge is 2.31. The minimum atomic E-state index is -0.602. The Morgan fingerprint density at radius 3 is 2.44 bits per heavy atom. The number of aliphatic hydroxyl groups is 1. The molecule has 0 unspecified atom stereocenters. The van der Waals surface area contributed by atoms with Gasteiger partial charge in [0.25, 0.3) is 0 Å². The van der Waals surface area contributed by atoms with E-state index in [1.165, 1.54) is 5.56 Å². The third kappa shape index (κ3) is 3.72. The molecular formula is C15H22O3. The average Bonchev–Trinajstić information content (AvgIpc) is 2.83. The van der Waals surface area contributed by atoms with Crippen LogP contribution in [0.25, 0.3) is 0 Å². The fourth-order valence-electron chi connectivity index (χ4n) is 2.37. The van der Waals surface area contributed by atoms with Crippen molar-refractivity contribution >= 4 is 0 Å². The van der Waals surface area contributed by atoms with Crippen LogP contribution in [0.4, 0.5) is 0 Å². The average molecular weight is 250 g/mol. The van der Waals surface area contributed by atoms with Gasteiger partial charge in [-0.3, -0.25) is 0 Å². The number of rotatable bonds is 6. The molecule has 1 N–H and O–H groups in total. The maximum absolute atomic E-state index is 10.2. The molecule has 0 aromatic heterocycles. The standard InChI is InChI=1S/C15H22O3/c1-17-11-8-13-4-6-14(7-5-13)18-12-15(16)9-2-3-10-15/h4-7,16H,2-3,8-12H2,1H3. The number of ether oxygens (including phenoxy) is 2. The van der Waals surface area contributed by atoms with E-state index in [2.05, 4.69) is 0 Å². The molecule has 0 atom stereocenters. The van der Waals surface area contributed by atoms with Crippen LogP contribution < -0.4 is 4.74 Å². The molecule has 0 radical (unpaired) electrons. The number of hydrogen-bond donors (Lipinski definition) is 1. The first-order valence-corrected chi connectivity index (χ1v) is 6.65. The summed E-state index contributed by atoms with van der Waals surface area (Å²) in [6, 6.07) is 8.02. The molecule has 0 bridgehead atoms. The molecule has 1 fully saturated rings. The maximum Gasteiger partial charge on any atom is 0.119 e. The SMILES string of the molecule is COCCc1ccc(OCC2(O)CCCC2)cc1. The summed E-state index contributed by atoms with van der Waals surface area (Å²) in [5.74, 6) is 0.830. The van der Waals surface area contributed by atoms with Gasteiger partial charge in [0.1, 0.15) is 12.4 Å². The monoisotopic (exact) mass is 250 g/mol. The Morgan fingerprint density at radius 1 is 1.17 bits per heavy atom. The summed E-state index contributed by atoms with van der Waals surface area (Å²) in [5.41, 5.74) is 0.637. The molecule has 100 valence electrons. The number of methoxy groups -OCH3 is 1. The molecule has 3 heteroatoms. The Bertz CT molecular complexity index is 353. The van der Waals surface area contributed by atoms with Crippen LogP contribution in [-0.4, -0.2) is 31.0 Å². The van der Waals surface area contributed by atoms with Crippen LogP contribution in [0.5, 0.6) is 5.75 Å². The molecule has 1 aliphatic rings. The summed E-state index contributed by atoms with van der Waals surface area (Å²) in [5, 5.41) is 10.2. The molecule has 0 heterocycles. The Hall–Kier alpha value is -1.06. The van der Waals surface area contributed by atoms with Gasteiger partial charge in [-0.2, -0.15) is 0 Å². The zero-order chi connectivity index (χ0) is 12.8. The van der Waals surface area contributed by atoms with E-state index < -0.39 is 5.60 Å². The van der Waals surface area contributed by atoms with Crippen molar-refractivity contribution in [2.24, 2.45) is 0 Å². The van der Waals surface area contributed by atoms with Gasteiger partial charge in [-0.1, -0.05) is 25.0 Å². The Kier molecular flexibility index (Phi) is 4.61. The van der Waals surface area contributed by atoms with Crippen molar-refractivity contribution in [1.29, 1.82) is 0 Å². The van der Waals surface area contributed by atoms with Gasteiger partial charge in [0, 0.05) is 7.11 Å². The molecule has 0 amide bonds. The van der Waals surface area contributed by atoms with Gasteiger partial charge in [0.05, 0.1) is 12.2 Å². The van der Waals surface area contributed by atoms with Gasteiger partial charge < -0.3 is 14.6 Å². The Balaban J connectivity index is 1.82. The summed E-state index contributed by atoms with van der Waals surface area (Å²) >= 11 is 0. The lowest BCUT2D eigenvalue weighted by atomic mass is 10.0. The minimum absolute atomic E-state index is 0.407. The van der Waals surface area contributed by atoms with Crippen molar-refractivity contribution in [3.05, 3.63) is 29.8 Å². The summed E-state index contributed by atoms with van der Waals surface area (Å²) in [6.45, 7) is 1.14. The second kappa shape index (κ2) is 6.21. The lowest BCUT2D eigenvalue weighted by Crippen LogP contribution is -2.32. The molecule has 0 spiro atoms. The van der Waals surface area contributed by atoms with E-state index in [9.17, 15) is 5.11 Å². The number of benzene rings is 1. The summed E-state index contributed by atoms with van der Waals surface area (Å²) in [4.78, 5) is 0. The lowest BCUT2D eigenvalue weighted by Gasteiger charge is -2.22. The molecular weight excluding hydrogens is 228 g/mol. The van der Waals surface area contributed by atoms with Gasteiger partial charge in [0.2, 0.25) is 0 Å². The minimum Gasteiger partial charge on any atom is -0.491 e. The zero-order valence-corrected chi connectivity index (χ0v) is 11.0. The summed E-state index contributed by atoms with van der Waals surface area (Å²) in [7, 11) is 1.71. The third-order valence-corrected chi connectivity index (χ3v) is 3.56. The predicted molar refractivity (Wildman–Crippen MR) is 70.9 cm³/mol. The van der Waals surface area contributed by atoms with E-state index >= 15 is 0 Å². The van der Waals surface area contributed by atoms with Gasteiger partial charge >= 0.3 is 0 Å². The molecule has 0 aliphatic heterocycles. The largest absolute Gasteiger partial charge is 0.491 e. The van der Waals surface area contributed by atoms with E-state index in [4.69, 9.17) is 9.47 Å². The second-order valence-corrected chi connectivity index (χ2v) is 5.11. The van der Waals surface area contributed by atoms with Crippen LogP contribution in [-0.2, 0) is 11.2 Å². The van der Waals surface area contributed by atoms with Gasteiger partial charge in [-0.25, -0.2) is 0 Å². The van der Waals surface area contributed by atoms with Gasteiger partial charge in [-0.15, -0.1) is 0 Å². The smallest absolute Gasteiger partial charge is 0.119 e. The molecule has 18 heavy (non-hydrogen) atoms. The highest BCUT2D eigenvalue weighted by Crippen LogP contribution is 2.30. The highest BCUT2D eigenvalue weighted by atomic mass is 16.5. The molecule has 1 aromatic carbocycles. The maximum atomic E-state index is 10.2. The molecule has 1 saturated carbocycles. The van der Waals surface area contributed by atoms with E-state index in [-0.39, 0.29) is 0 Å². The van der Waals surface area contributed by atoms with Crippen molar-refractivity contribution in [1.82, 2.24) is 0 Å². The molecule has 3 nitrogen and oxygen atoms in total. The first-order valence-electron chi connectivity index (χ1n) is 6.65. The summed E-state index contributed by atoms with van der Waals surface area (Å²) < 4.78 is 10.7. The van der Waals surface area contributed by atoms with Crippen molar-refractivity contribution in [2.75, 3.05) is 20.3 Å². The van der Waals surface area contributed by atoms with Crippen LogP contribution >= 0.6 is 0 Å². The fraction of sp³-hybridized carbons (Fsp3) is 0.600. The molecule has 2 rings (SSSR count). The van der Waals surface area contributed by atoms with Crippen LogP contribution in [0.2, 0.25) is 0 Å². The first-order chi connectivity index (χ1) is 8.72. The van der Waals surface area contributed by atoms with E-state index in [0.717, 1.165) is 44.5 Å². The normalized spacial score (nSPS) is 17.9. The van der Waals surface area contributed by atoms with Crippen molar-refractivity contribution in [3.8, 4) is 5.75 Å². The van der Waals surface area contributed by atoms with Crippen molar-refractivity contribution in [2.45, 2.75) is 37.7 Å².